The molecule has 1 heterocycles. The van der Waals surface area contributed by atoms with E-state index in [-0.39, 0.29) is 11.8 Å². The average molecular weight is 240 g/mol. The maximum atomic E-state index is 12.3. The van der Waals surface area contributed by atoms with Crippen LogP contribution in [0.15, 0.2) is 36.4 Å². The number of rotatable bonds is 2. The smallest absolute Gasteiger partial charge is 0.250 e. The summed E-state index contributed by atoms with van der Waals surface area (Å²) in [5.74, 6) is 0.613. The van der Waals surface area contributed by atoms with Crippen molar-refractivity contribution in [2.24, 2.45) is 5.92 Å². The van der Waals surface area contributed by atoms with Gasteiger partial charge in [-0.15, -0.1) is 0 Å². The molecule has 0 saturated heterocycles. The fourth-order valence-corrected chi connectivity index (χ4v) is 2.55. The Morgan fingerprint density at radius 3 is 2.61 bits per heavy atom. The predicted molar refractivity (Wildman–Crippen MR) is 69.6 cm³/mol. The first kappa shape index (κ1) is 11.2. The number of carbonyl (C=O) groups is 1. The lowest BCUT2D eigenvalue weighted by Crippen LogP contribution is -2.16. The molecule has 1 aromatic heterocycles. The van der Waals surface area contributed by atoms with Crippen molar-refractivity contribution < 1.29 is 4.79 Å². The van der Waals surface area contributed by atoms with E-state index in [0.29, 0.717) is 5.92 Å². The van der Waals surface area contributed by atoms with E-state index in [4.69, 9.17) is 0 Å². The summed E-state index contributed by atoms with van der Waals surface area (Å²) in [4.78, 5) is 12.3. The van der Waals surface area contributed by atoms with Gasteiger partial charge in [-0.2, -0.15) is 5.10 Å². The Morgan fingerprint density at radius 2 is 2.00 bits per heavy atom. The fourth-order valence-electron chi connectivity index (χ4n) is 2.55. The van der Waals surface area contributed by atoms with E-state index in [1.165, 1.54) is 5.56 Å². The molecule has 0 aliphatic heterocycles. The highest BCUT2D eigenvalue weighted by Gasteiger charge is 2.45. The van der Waals surface area contributed by atoms with Gasteiger partial charge in [-0.1, -0.05) is 30.3 Å². The minimum atomic E-state index is 0.102. The summed E-state index contributed by atoms with van der Waals surface area (Å²) in [6.45, 7) is 3.84. The summed E-state index contributed by atoms with van der Waals surface area (Å²) < 4.78 is 1.56. The molecule has 0 radical (unpaired) electrons. The normalized spacial score (nSPS) is 21.9. The Kier molecular flexibility index (Phi) is 2.54. The molecule has 1 saturated carbocycles. The average Bonchev–Trinajstić information content (AvgIpc) is 3.10. The third-order valence-electron chi connectivity index (χ3n) is 3.55. The molecule has 2 aromatic rings. The number of aryl methyl sites for hydroxylation is 2. The van der Waals surface area contributed by atoms with Gasteiger partial charge in [-0.3, -0.25) is 4.79 Å². The van der Waals surface area contributed by atoms with Crippen LogP contribution in [0.3, 0.4) is 0 Å². The van der Waals surface area contributed by atoms with E-state index in [0.717, 1.165) is 17.8 Å². The Bertz CT molecular complexity index is 586. The van der Waals surface area contributed by atoms with Crippen molar-refractivity contribution in [3.63, 3.8) is 0 Å². The van der Waals surface area contributed by atoms with E-state index < -0.39 is 0 Å². The van der Waals surface area contributed by atoms with E-state index in [9.17, 15) is 4.79 Å². The number of carbonyl (C=O) groups excluding carboxylic acids is 1. The first-order valence-corrected chi connectivity index (χ1v) is 6.29. The molecule has 3 nitrogen and oxygen atoms in total. The van der Waals surface area contributed by atoms with Crippen LogP contribution in [0.2, 0.25) is 0 Å². The second-order valence-corrected chi connectivity index (χ2v) is 5.04. The van der Waals surface area contributed by atoms with Crippen LogP contribution >= 0.6 is 0 Å². The zero-order valence-corrected chi connectivity index (χ0v) is 10.6. The standard InChI is InChI=1S/C15H16N2O/c1-10-8-11(2)17(16-10)15(18)14-9-13(14)12-6-4-3-5-7-12/h3-8,13-14H,9H2,1-2H3. The first-order chi connectivity index (χ1) is 8.66. The number of benzene rings is 1. The van der Waals surface area contributed by atoms with Crippen LogP contribution in [0.4, 0.5) is 0 Å². The lowest BCUT2D eigenvalue weighted by atomic mass is 10.1. The number of aromatic nitrogens is 2. The number of nitrogens with zero attached hydrogens (tertiary/aromatic N) is 2. The van der Waals surface area contributed by atoms with Gasteiger partial charge in [-0.05, 0) is 37.8 Å². The zero-order valence-electron chi connectivity index (χ0n) is 10.6. The molecular formula is C15H16N2O. The van der Waals surface area contributed by atoms with Crippen molar-refractivity contribution in [2.45, 2.75) is 26.2 Å². The molecule has 1 aliphatic rings. The minimum Gasteiger partial charge on any atom is -0.272 e. The van der Waals surface area contributed by atoms with Crippen molar-refractivity contribution in [3.8, 4) is 0 Å². The van der Waals surface area contributed by atoms with Gasteiger partial charge in [-0.25, -0.2) is 4.68 Å². The van der Waals surface area contributed by atoms with Crippen molar-refractivity contribution in [3.05, 3.63) is 53.3 Å². The summed E-state index contributed by atoms with van der Waals surface area (Å²) >= 11 is 0. The van der Waals surface area contributed by atoms with Crippen LogP contribution in [0.1, 0.15) is 34.1 Å². The molecule has 2 unspecified atom stereocenters. The number of hydrogen-bond donors (Lipinski definition) is 0. The fraction of sp³-hybridized carbons (Fsp3) is 0.333. The van der Waals surface area contributed by atoms with Crippen molar-refractivity contribution in [1.29, 1.82) is 0 Å². The molecule has 18 heavy (non-hydrogen) atoms. The molecule has 3 heteroatoms. The Labute approximate surface area is 106 Å². The zero-order chi connectivity index (χ0) is 12.7. The molecule has 0 bridgehead atoms. The van der Waals surface area contributed by atoms with Crippen LogP contribution < -0.4 is 0 Å². The van der Waals surface area contributed by atoms with Crippen molar-refractivity contribution in [2.75, 3.05) is 0 Å². The van der Waals surface area contributed by atoms with Crippen molar-refractivity contribution >= 4 is 5.91 Å². The van der Waals surface area contributed by atoms with Gasteiger partial charge in [0.15, 0.2) is 0 Å². The highest BCUT2D eigenvalue weighted by atomic mass is 16.2. The maximum Gasteiger partial charge on any atom is 0.250 e. The van der Waals surface area contributed by atoms with Crippen LogP contribution in [-0.2, 0) is 0 Å². The Balaban J connectivity index is 1.79. The summed E-state index contributed by atoms with van der Waals surface area (Å²) in [6, 6.07) is 12.2. The highest BCUT2D eigenvalue weighted by molar-refractivity contribution is 5.85. The SMILES string of the molecule is Cc1cc(C)n(C(=O)C2CC2c2ccccc2)n1. The molecule has 2 atom stereocenters. The van der Waals surface area contributed by atoms with Crippen LogP contribution in [0, 0.1) is 19.8 Å². The molecule has 0 amide bonds. The highest BCUT2D eigenvalue weighted by Crippen LogP contribution is 2.48. The predicted octanol–water partition coefficient (Wildman–Crippen LogP) is 2.94. The third kappa shape index (κ3) is 1.86. The van der Waals surface area contributed by atoms with E-state index >= 15 is 0 Å². The summed E-state index contributed by atoms with van der Waals surface area (Å²) in [5, 5.41) is 4.27. The van der Waals surface area contributed by atoms with Gasteiger partial charge >= 0.3 is 0 Å². The van der Waals surface area contributed by atoms with Gasteiger partial charge in [0.25, 0.3) is 5.91 Å². The van der Waals surface area contributed by atoms with Gasteiger partial charge < -0.3 is 0 Å². The summed E-state index contributed by atoms with van der Waals surface area (Å²) in [6.07, 6.45) is 0.946. The van der Waals surface area contributed by atoms with Crippen LogP contribution in [0.5, 0.6) is 0 Å². The summed E-state index contributed by atoms with van der Waals surface area (Å²) in [5.41, 5.74) is 3.09. The maximum absolute atomic E-state index is 12.3. The van der Waals surface area contributed by atoms with Gasteiger partial charge in [0.05, 0.1) is 5.69 Å². The van der Waals surface area contributed by atoms with Gasteiger partial charge in [0.1, 0.15) is 0 Å². The topological polar surface area (TPSA) is 34.9 Å². The molecule has 92 valence electrons. The molecular weight excluding hydrogens is 224 g/mol. The Hall–Kier alpha value is -1.90. The quantitative estimate of drug-likeness (QED) is 0.809. The van der Waals surface area contributed by atoms with E-state index in [1.807, 2.05) is 38.1 Å². The van der Waals surface area contributed by atoms with Crippen LogP contribution in [0.25, 0.3) is 0 Å². The second-order valence-electron chi connectivity index (χ2n) is 5.04. The molecule has 0 N–H and O–H groups in total. The largest absolute Gasteiger partial charge is 0.272 e. The minimum absolute atomic E-state index is 0.102. The first-order valence-electron chi connectivity index (χ1n) is 6.29. The van der Waals surface area contributed by atoms with Crippen molar-refractivity contribution in [1.82, 2.24) is 9.78 Å². The lowest BCUT2D eigenvalue weighted by molar-refractivity contribution is 0.0864. The summed E-state index contributed by atoms with van der Waals surface area (Å²) in [7, 11) is 0. The molecule has 0 spiro atoms. The molecule has 1 aliphatic carbocycles. The van der Waals surface area contributed by atoms with Crippen LogP contribution in [-0.4, -0.2) is 15.7 Å². The van der Waals surface area contributed by atoms with Gasteiger partial charge in [0, 0.05) is 11.6 Å². The van der Waals surface area contributed by atoms with Gasteiger partial charge in [0.2, 0.25) is 0 Å². The lowest BCUT2D eigenvalue weighted by Gasteiger charge is -2.02. The monoisotopic (exact) mass is 240 g/mol. The molecule has 1 aromatic carbocycles. The molecule has 1 fully saturated rings. The third-order valence-corrected chi connectivity index (χ3v) is 3.55. The van der Waals surface area contributed by atoms with E-state index in [1.54, 1.807) is 4.68 Å². The second kappa shape index (κ2) is 4.09. The molecule has 3 rings (SSSR count). The number of hydrogen-bond acceptors (Lipinski definition) is 2. The van der Waals surface area contributed by atoms with E-state index in [2.05, 4.69) is 17.2 Å². The Morgan fingerprint density at radius 1 is 1.28 bits per heavy atom.